The highest BCUT2D eigenvalue weighted by molar-refractivity contribution is 8.00. The van der Waals surface area contributed by atoms with Gasteiger partial charge in [0.25, 0.3) is 0 Å². The summed E-state index contributed by atoms with van der Waals surface area (Å²) in [6.07, 6.45) is 0.233. The summed E-state index contributed by atoms with van der Waals surface area (Å²) in [4.78, 5) is 12.1. The van der Waals surface area contributed by atoms with Gasteiger partial charge in [0, 0.05) is 16.7 Å². The summed E-state index contributed by atoms with van der Waals surface area (Å²) < 4.78 is 31.3. The van der Waals surface area contributed by atoms with Gasteiger partial charge >= 0.3 is 5.97 Å². The Kier molecular flexibility index (Phi) is 6.51. The number of hydrogen-bond donors (Lipinski definition) is 1. The molecule has 112 valence electrons. The molecule has 0 aliphatic carbocycles. The Morgan fingerprint density at radius 2 is 2.05 bits per heavy atom. The third-order valence-corrected chi connectivity index (χ3v) is 5.39. The molecule has 1 unspecified atom stereocenters. The van der Waals surface area contributed by atoms with Gasteiger partial charge in [0.2, 0.25) is 10.0 Å². The summed E-state index contributed by atoms with van der Waals surface area (Å²) in [5.74, 6) is -0.308. The smallest absolute Gasteiger partial charge is 0.306 e. The third-order valence-electron chi connectivity index (χ3n) is 2.48. The average molecular weight is 317 g/mol. The van der Waals surface area contributed by atoms with Crippen molar-refractivity contribution < 1.29 is 17.9 Å². The summed E-state index contributed by atoms with van der Waals surface area (Å²) in [5.41, 5.74) is 0. The van der Waals surface area contributed by atoms with Crippen molar-refractivity contribution in [3.05, 3.63) is 24.3 Å². The molecule has 0 aliphatic heterocycles. The van der Waals surface area contributed by atoms with Crippen LogP contribution in [0.3, 0.4) is 0 Å². The lowest BCUT2D eigenvalue weighted by Gasteiger charge is -2.14. The molecule has 0 saturated carbocycles. The molecule has 1 aromatic carbocycles. The molecule has 7 heteroatoms. The number of carbonyl (C=O) groups is 1. The van der Waals surface area contributed by atoms with Crippen molar-refractivity contribution >= 4 is 27.8 Å². The van der Waals surface area contributed by atoms with Crippen LogP contribution in [0.5, 0.6) is 0 Å². The monoisotopic (exact) mass is 317 g/mol. The molecule has 0 aliphatic rings. The Balaban J connectivity index is 2.94. The molecular formula is C13H19NO4S2. The van der Waals surface area contributed by atoms with Crippen LogP contribution in [-0.4, -0.2) is 33.3 Å². The number of carbonyl (C=O) groups excluding carboxylic acids is 1. The van der Waals surface area contributed by atoms with E-state index in [0.717, 1.165) is 0 Å². The number of nitrogens with one attached hydrogen (secondary N) is 1. The van der Waals surface area contributed by atoms with Crippen LogP contribution in [0, 0.1) is 0 Å². The van der Waals surface area contributed by atoms with Crippen LogP contribution in [0.4, 0.5) is 0 Å². The van der Waals surface area contributed by atoms with Gasteiger partial charge in [-0.1, -0.05) is 26.0 Å². The van der Waals surface area contributed by atoms with E-state index in [1.807, 2.05) is 6.92 Å². The van der Waals surface area contributed by atoms with E-state index in [1.165, 1.54) is 18.9 Å². The number of hydrogen-bond acceptors (Lipinski definition) is 5. The van der Waals surface area contributed by atoms with Gasteiger partial charge in [-0.2, -0.15) is 0 Å². The molecule has 1 rings (SSSR count). The molecule has 0 fully saturated rings. The highest BCUT2D eigenvalue weighted by atomic mass is 32.2. The van der Waals surface area contributed by atoms with Crippen molar-refractivity contribution in [1.29, 1.82) is 0 Å². The molecule has 0 aromatic heterocycles. The standard InChI is InChI=1S/C13H19NO4S2/c1-4-14-20(16,17)12-8-6-5-7-11(12)19-10(2)9-13(15)18-3/h5-8,10,14H,4,9H2,1-3H3. The second kappa shape index (κ2) is 7.66. The molecule has 0 bridgehead atoms. The van der Waals surface area contributed by atoms with Crippen molar-refractivity contribution in [2.24, 2.45) is 0 Å². The molecular weight excluding hydrogens is 298 g/mol. The lowest BCUT2D eigenvalue weighted by molar-refractivity contribution is -0.140. The maximum atomic E-state index is 12.1. The highest BCUT2D eigenvalue weighted by Crippen LogP contribution is 2.31. The van der Waals surface area contributed by atoms with Gasteiger partial charge in [-0.3, -0.25) is 4.79 Å². The fraction of sp³-hybridized carbons (Fsp3) is 0.462. The van der Waals surface area contributed by atoms with Crippen LogP contribution in [0.2, 0.25) is 0 Å². The maximum absolute atomic E-state index is 12.1. The number of ether oxygens (including phenoxy) is 1. The molecule has 0 amide bonds. The fourth-order valence-corrected chi connectivity index (χ4v) is 4.21. The quantitative estimate of drug-likeness (QED) is 0.615. The lowest BCUT2D eigenvalue weighted by atomic mass is 10.3. The summed E-state index contributed by atoms with van der Waals surface area (Å²) in [7, 11) is -2.17. The van der Waals surface area contributed by atoms with E-state index in [-0.39, 0.29) is 22.5 Å². The molecule has 1 atom stereocenters. The van der Waals surface area contributed by atoms with Crippen LogP contribution in [0.25, 0.3) is 0 Å². The van der Waals surface area contributed by atoms with Crippen molar-refractivity contribution in [1.82, 2.24) is 4.72 Å². The summed E-state index contributed by atoms with van der Waals surface area (Å²) in [6.45, 7) is 3.92. The summed E-state index contributed by atoms with van der Waals surface area (Å²) >= 11 is 1.35. The number of sulfonamides is 1. The Labute approximate surface area is 124 Å². The lowest BCUT2D eigenvalue weighted by Crippen LogP contribution is -2.23. The number of esters is 1. The molecule has 20 heavy (non-hydrogen) atoms. The summed E-state index contributed by atoms with van der Waals surface area (Å²) in [6, 6.07) is 6.76. The zero-order valence-electron chi connectivity index (χ0n) is 11.8. The van der Waals surface area contributed by atoms with E-state index in [9.17, 15) is 13.2 Å². The Hall–Kier alpha value is -1.05. The van der Waals surface area contributed by atoms with E-state index in [4.69, 9.17) is 0 Å². The van der Waals surface area contributed by atoms with E-state index in [2.05, 4.69) is 9.46 Å². The second-order valence-electron chi connectivity index (χ2n) is 4.16. The molecule has 0 saturated heterocycles. The van der Waals surface area contributed by atoms with Gasteiger partial charge < -0.3 is 4.74 Å². The predicted molar refractivity (Wildman–Crippen MR) is 79.3 cm³/mol. The van der Waals surface area contributed by atoms with E-state index in [1.54, 1.807) is 31.2 Å². The molecule has 1 aromatic rings. The largest absolute Gasteiger partial charge is 0.469 e. The zero-order chi connectivity index (χ0) is 15.2. The van der Waals surface area contributed by atoms with Gasteiger partial charge in [0.15, 0.2) is 0 Å². The number of methoxy groups -OCH3 is 1. The minimum Gasteiger partial charge on any atom is -0.469 e. The SMILES string of the molecule is CCNS(=O)(=O)c1ccccc1SC(C)CC(=O)OC. The Morgan fingerprint density at radius 1 is 1.40 bits per heavy atom. The first-order valence-corrected chi connectivity index (χ1v) is 8.59. The summed E-state index contributed by atoms with van der Waals surface area (Å²) in [5, 5.41) is -0.0690. The van der Waals surface area contributed by atoms with Crippen LogP contribution in [0.1, 0.15) is 20.3 Å². The van der Waals surface area contributed by atoms with Crippen molar-refractivity contribution in [3.63, 3.8) is 0 Å². The van der Waals surface area contributed by atoms with Crippen molar-refractivity contribution in [3.8, 4) is 0 Å². The first-order chi connectivity index (χ1) is 9.40. The van der Waals surface area contributed by atoms with Gasteiger partial charge in [-0.05, 0) is 12.1 Å². The maximum Gasteiger partial charge on any atom is 0.306 e. The van der Waals surface area contributed by atoms with Gasteiger partial charge in [0.1, 0.15) is 0 Å². The molecule has 0 radical (unpaired) electrons. The third kappa shape index (κ3) is 4.81. The topological polar surface area (TPSA) is 72.5 Å². The second-order valence-corrected chi connectivity index (χ2v) is 7.37. The van der Waals surface area contributed by atoms with E-state index in [0.29, 0.717) is 11.4 Å². The van der Waals surface area contributed by atoms with Crippen molar-refractivity contribution in [2.45, 2.75) is 35.3 Å². The van der Waals surface area contributed by atoms with E-state index >= 15 is 0 Å². The zero-order valence-corrected chi connectivity index (χ0v) is 13.4. The first kappa shape index (κ1) is 17.0. The minimum absolute atomic E-state index is 0.0690. The molecule has 1 N–H and O–H groups in total. The van der Waals surface area contributed by atoms with Gasteiger partial charge in [-0.25, -0.2) is 13.1 Å². The van der Waals surface area contributed by atoms with Crippen LogP contribution in [0.15, 0.2) is 34.1 Å². The first-order valence-electron chi connectivity index (χ1n) is 6.23. The predicted octanol–water partition coefficient (Wildman–Crippen LogP) is 2.03. The Bertz CT molecular complexity index is 557. The van der Waals surface area contributed by atoms with Crippen LogP contribution < -0.4 is 4.72 Å². The van der Waals surface area contributed by atoms with Crippen LogP contribution >= 0.6 is 11.8 Å². The average Bonchev–Trinajstić information content (AvgIpc) is 2.38. The van der Waals surface area contributed by atoms with Crippen molar-refractivity contribution in [2.75, 3.05) is 13.7 Å². The van der Waals surface area contributed by atoms with Gasteiger partial charge in [-0.15, -0.1) is 11.8 Å². The molecule has 0 heterocycles. The minimum atomic E-state index is -3.51. The number of rotatable bonds is 7. The highest BCUT2D eigenvalue weighted by Gasteiger charge is 2.19. The Morgan fingerprint density at radius 3 is 2.65 bits per heavy atom. The molecule has 0 spiro atoms. The number of thioether (sulfide) groups is 1. The number of benzene rings is 1. The molecule has 5 nitrogen and oxygen atoms in total. The van der Waals surface area contributed by atoms with Crippen LogP contribution in [-0.2, 0) is 19.6 Å². The van der Waals surface area contributed by atoms with E-state index < -0.39 is 10.0 Å². The fourth-order valence-electron chi connectivity index (χ4n) is 1.61. The normalized spacial score (nSPS) is 12.9. The van der Waals surface area contributed by atoms with Gasteiger partial charge in [0.05, 0.1) is 18.4 Å².